The van der Waals surface area contributed by atoms with E-state index in [0.717, 1.165) is 19.3 Å². The number of amides is 1. The van der Waals surface area contributed by atoms with Crippen LogP contribution < -0.4 is 4.90 Å². The van der Waals surface area contributed by atoms with Crippen LogP contribution in [0.1, 0.15) is 104 Å². The molecule has 164 valence electrons. The van der Waals surface area contributed by atoms with Gasteiger partial charge in [-0.25, -0.2) is 4.79 Å². The smallest absolute Gasteiger partial charge is 0.326 e. The Bertz CT molecular complexity index is 558. The number of hydrogen-bond donors (Lipinski definition) is 1. The molecule has 0 aliphatic carbocycles. The summed E-state index contributed by atoms with van der Waals surface area (Å²) in [5, 5.41) is 9.35. The number of rotatable bonds is 17. The van der Waals surface area contributed by atoms with Crippen molar-refractivity contribution in [2.45, 2.75) is 110 Å². The molecular formula is C25H41NO3. The number of carboxylic acid groups (broad SMARTS) is 1. The third kappa shape index (κ3) is 11.1. The predicted octanol–water partition coefficient (Wildman–Crippen LogP) is 6.97. The summed E-state index contributed by atoms with van der Waals surface area (Å²) in [6.07, 6.45) is 16.8. The summed E-state index contributed by atoms with van der Waals surface area (Å²) in [6, 6.07) is 8.25. The molecule has 1 atom stereocenters. The van der Waals surface area contributed by atoms with E-state index in [1.807, 2.05) is 18.2 Å². The first-order chi connectivity index (χ1) is 14.1. The van der Waals surface area contributed by atoms with E-state index >= 15 is 0 Å². The normalized spacial score (nSPS) is 11.9. The molecule has 0 saturated heterocycles. The molecule has 29 heavy (non-hydrogen) atoms. The van der Waals surface area contributed by atoms with Crippen molar-refractivity contribution < 1.29 is 14.7 Å². The molecule has 0 spiro atoms. The minimum atomic E-state index is -0.979. The van der Waals surface area contributed by atoms with Crippen LogP contribution in [0.4, 0.5) is 5.69 Å². The van der Waals surface area contributed by atoms with Crippen LogP contribution in [-0.2, 0) is 9.59 Å². The maximum atomic E-state index is 12.7. The molecule has 4 nitrogen and oxygen atoms in total. The van der Waals surface area contributed by atoms with Gasteiger partial charge < -0.3 is 5.11 Å². The lowest BCUT2D eigenvalue weighted by Crippen LogP contribution is -2.43. The maximum Gasteiger partial charge on any atom is 0.326 e. The van der Waals surface area contributed by atoms with E-state index in [-0.39, 0.29) is 5.91 Å². The van der Waals surface area contributed by atoms with Crippen molar-refractivity contribution >= 4 is 17.6 Å². The van der Waals surface area contributed by atoms with Gasteiger partial charge in [0.05, 0.1) is 0 Å². The van der Waals surface area contributed by atoms with Gasteiger partial charge in [-0.2, -0.15) is 0 Å². The number of unbranched alkanes of at least 4 members (excludes halogenated alkanes) is 12. The van der Waals surface area contributed by atoms with Crippen LogP contribution in [0.3, 0.4) is 0 Å². The molecule has 0 aliphatic heterocycles. The van der Waals surface area contributed by atoms with E-state index in [0.29, 0.717) is 12.1 Å². The molecular weight excluding hydrogens is 362 g/mol. The van der Waals surface area contributed by atoms with Crippen LogP contribution in [-0.4, -0.2) is 23.0 Å². The Hall–Kier alpha value is -1.84. The summed E-state index contributed by atoms with van der Waals surface area (Å²) in [5.41, 5.74) is 0.655. The zero-order chi connectivity index (χ0) is 21.3. The van der Waals surface area contributed by atoms with Gasteiger partial charge in [0.1, 0.15) is 6.04 Å². The van der Waals surface area contributed by atoms with Crippen molar-refractivity contribution in [2.24, 2.45) is 0 Å². The lowest BCUT2D eigenvalue weighted by atomic mass is 10.0. The van der Waals surface area contributed by atoms with Gasteiger partial charge in [-0.05, 0) is 25.5 Å². The summed E-state index contributed by atoms with van der Waals surface area (Å²) in [6.45, 7) is 3.82. The van der Waals surface area contributed by atoms with Crippen LogP contribution in [0.15, 0.2) is 30.3 Å². The van der Waals surface area contributed by atoms with Gasteiger partial charge in [0, 0.05) is 12.1 Å². The van der Waals surface area contributed by atoms with Crippen LogP contribution in [0.25, 0.3) is 0 Å². The Morgan fingerprint density at radius 1 is 0.793 bits per heavy atom. The first-order valence-corrected chi connectivity index (χ1v) is 11.7. The van der Waals surface area contributed by atoms with E-state index in [9.17, 15) is 14.7 Å². The number of nitrogens with zero attached hydrogens (tertiary/aromatic N) is 1. The molecule has 0 fully saturated rings. The van der Waals surface area contributed by atoms with Crippen molar-refractivity contribution in [3.63, 3.8) is 0 Å². The number of anilines is 1. The fourth-order valence-corrected chi connectivity index (χ4v) is 3.70. The molecule has 0 unspecified atom stereocenters. The van der Waals surface area contributed by atoms with E-state index in [1.165, 1.54) is 69.1 Å². The molecule has 1 amide bonds. The van der Waals surface area contributed by atoms with Crippen molar-refractivity contribution in [2.75, 3.05) is 4.90 Å². The maximum absolute atomic E-state index is 12.7. The quantitative estimate of drug-likeness (QED) is 0.286. The predicted molar refractivity (Wildman–Crippen MR) is 121 cm³/mol. The average Bonchev–Trinajstić information content (AvgIpc) is 2.72. The summed E-state index contributed by atoms with van der Waals surface area (Å²) < 4.78 is 0. The molecule has 0 saturated carbocycles. The van der Waals surface area contributed by atoms with Crippen molar-refractivity contribution in [1.29, 1.82) is 0 Å². The highest BCUT2D eigenvalue weighted by atomic mass is 16.4. The first-order valence-electron chi connectivity index (χ1n) is 11.7. The SMILES string of the molecule is CCCCCCCCCCCCCCCC(=O)N(c1ccccc1)[C@H](C)C(=O)O. The molecule has 1 rings (SSSR count). The monoisotopic (exact) mass is 403 g/mol. The fourth-order valence-electron chi connectivity index (χ4n) is 3.70. The number of benzene rings is 1. The highest BCUT2D eigenvalue weighted by molar-refractivity contribution is 5.98. The Balaban J connectivity index is 2.16. The Morgan fingerprint density at radius 2 is 1.24 bits per heavy atom. The summed E-state index contributed by atoms with van der Waals surface area (Å²) >= 11 is 0. The summed E-state index contributed by atoms with van der Waals surface area (Å²) in [7, 11) is 0. The highest BCUT2D eigenvalue weighted by Gasteiger charge is 2.26. The number of carboxylic acids is 1. The van der Waals surface area contributed by atoms with Crippen LogP contribution in [0, 0.1) is 0 Å². The molecule has 1 N–H and O–H groups in total. The lowest BCUT2D eigenvalue weighted by Gasteiger charge is -2.26. The third-order valence-corrected chi connectivity index (χ3v) is 5.54. The number of para-hydroxylation sites is 1. The van der Waals surface area contributed by atoms with E-state index < -0.39 is 12.0 Å². The van der Waals surface area contributed by atoms with Crippen LogP contribution >= 0.6 is 0 Å². The van der Waals surface area contributed by atoms with Crippen molar-refractivity contribution in [1.82, 2.24) is 0 Å². The second-order valence-electron chi connectivity index (χ2n) is 8.11. The molecule has 0 aliphatic rings. The standard InChI is InChI=1S/C25H41NO3/c1-3-4-5-6-7-8-9-10-11-12-13-14-18-21-24(27)26(22(2)25(28)29)23-19-16-15-17-20-23/h15-17,19-20,22H,3-14,18,21H2,1-2H3,(H,28,29)/t22-/m1/s1. The van der Waals surface area contributed by atoms with E-state index in [4.69, 9.17) is 0 Å². The Kier molecular flexibility index (Phi) is 13.9. The van der Waals surface area contributed by atoms with Gasteiger partial charge in [0.2, 0.25) is 5.91 Å². The minimum absolute atomic E-state index is 0.103. The zero-order valence-electron chi connectivity index (χ0n) is 18.6. The summed E-state index contributed by atoms with van der Waals surface area (Å²) in [4.78, 5) is 25.5. The molecule has 0 aromatic heterocycles. The van der Waals surface area contributed by atoms with Gasteiger partial charge in [0.25, 0.3) is 0 Å². The lowest BCUT2D eigenvalue weighted by molar-refractivity contribution is -0.139. The molecule has 4 heteroatoms. The van der Waals surface area contributed by atoms with Crippen molar-refractivity contribution in [3.8, 4) is 0 Å². The number of hydrogen-bond acceptors (Lipinski definition) is 2. The van der Waals surface area contributed by atoms with Crippen LogP contribution in [0.5, 0.6) is 0 Å². The van der Waals surface area contributed by atoms with Gasteiger partial charge >= 0.3 is 5.97 Å². The van der Waals surface area contributed by atoms with Gasteiger partial charge in [0.15, 0.2) is 0 Å². The van der Waals surface area contributed by atoms with Gasteiger partial charge in [-0.15, -0.1) is 0 Å². The topological polar surface area (TPSA) is 57.6 Å². The number of carbonyl (C=O) groups excluding carboxylic acids is 1. The molecule has 0 heterocycles. The highest BCUT2D eigenvalue weighted by Crippen LogP contribution is 2.20. The fraction of sp³-hybridized carbons (Fsp3) is 0.680. The Labute approximate surface area is 177 Å². The molecule has 1 aromatic carbocycles. The third-order valence-electron chi connectivity index (χ3n) is 5.54. The molecule has 1 aromatic rings. The van der Waals surface area contributed by atoms with E-state index in [1.54, 1.807) is 19.1 Å². The van der Waals surface area contributed by atoms with Gasteiger partial charge in [-0.3, -0.25) is 9.69 Å². The number of aliphatic carboxylic acids is 1. The average molecular weight is 404 g/mol. The Morgan fingerprint density at radius 3 is 1.69 bits per heavy atom. The summed E-state index contributed by atoms with van der Waals surface area (Å²) in [5.74, 6) is -1.08. The molecule has 0 bridgehead atoms. The molecule has 0 radical (unpaired) electrons. The second-order valence-corrected chi connectivity index (χ2v) is 8.11. The minimum Gasteiger partial charge on any atom is -0.480 e. The first kappa shape index (κ1) is 25.2. The second kappa shape index (κ2) is 16.0. The van der Waals surface area contributed by atoms with Gasteiger partial charge in [-0.1, -0.05) is 102 Å². The van der Waals surface area contributed by atoms with E-state index in [2.05, 4.69) is 6.92 Å². The number of carbonyl (C=O) groups is 2. The van der Waals surface area contributed by atoms with Crippen molar-refractivity contribution in [3.05, 3.63) is 30.3 Å². The largest absolute Gasteiger partial charge is 0.480 e. The zero-order valence-corrected chi connectivity index (χ0v) is 18.6. The van der Waals surface area contributed by atoms with Crippen LogP contribution in [0.2, 0.25) is 0 Å².